The Hall–Kier alpha value is -0.560. The van der Waals surface area contributed by atoms with Crippen LogP contribution in [-0.4, -0.2) is 16.4 Å². The summed E-state index contributed by atoms with van der Waals surface area (Å²) >= 11 is 5.64. The highest BCUT2D eigenvalue weighted by atomic mass is 127. The molecule has 0 unspecified atom stereocenters. The second-order valence-corrected chi connectivity index (χ2v) is 5.39. The maximum Gasteiger partial charge on any atom is 0.120 e. The van der Waals surface area contributed by atoms with E-state index >= 15 is 0 Å². The molecule has 0 aliphatic carbocycles. The highest BCUT2D eigenvalue weighted by molar-refractivity contribution is 14.1. The van der Waals surface area contributed by atoms with Crippen LogP contribution in [0.25, 0.3) is 0 Å². The minimum atomic E-state index is 0.619. The van der Waals surface area contributed by atoms with Crippen LogP contribution in [0.15, 0.2) is 41.1 Å². The molecule has 0 saturated carbocycles. The number of aromatic nitrogens is 2. The number of hydrogen-bond donors (Lipinski definition) is 0. The zero-order valence-corrected chi connectivity index (χ0v) is 12.2. The normalized spacial score (nSPS) is 10.4. The average Bonchev–Trinajstić information content (AvgIpc) is 2.64. The number of rotatable bonds is 4. The molecule has 3 nitrogen and oxygen atoms in total. The Bertz CT molecular complexity index is 473. The maximum atomic E-state index is 5.61. The fourth-order valence-electron chi connectivity index (χ4n) is 1.27. The highest BCUT2D eigenvalue weighted by Gasteiger charge is 1.97. The van der Waals surface area contributed by atoms with Gasteiger partial charge >= 0.3 is 0 Å². The Morgan fingerprint density at radius 3 is 3.00 bits per heavy atom. The predicted molar refractivity (Wildman–Crippen MR) is 74.6 cm³/mol. The molecule has 0 N–H and O–H groups in total. The van der Waals surface area contributed by atoms with Gasteiger partial charge in [-0.25, -0.2) is 0 Å². The first-order valence-corrected chi connectivity index (χ1v) is 6.67. The third-order valence-electron chi connectivity index (χ3n) is 1.99. The van der Waals surface area contributed by atoms with Crippen molar-refractivity contribution in [1.29, 1.82) is 0 Å². The summed E-state index contributed by atoms with van der Waals surface area (Å²) in [5, 5.41) is 4.18. The van der Waals surface area contributed by atoms with Crippen LogP contribution in [0.2, 0.25) is 0 Å². The van der Waals surface area contributed by atoms with Crippen LogP contribution in [0.3, 0.4) is 0 Å². The minimum absolute atomic E-state index is 0.619. The van der Waals surface area contributed by atoms with Crippen LogP contribution < -0.4 is 4.74 Å². The van der Waals surface area contributed by atoms with Crippen LogP contribution in [0.5, 0.6) is 5.75 Å². The molecule has 2 rings (SSSR count). The van der Waals surface area contributed by atoms with E-state index in [2.05, 4.69) is 43.6 Å². The largest absolute Gasteiger partial charge is 0.492 e. The van der Waals surface area contributed by atoms with Crippen LogP contribution >= 0.6 is 38.5 Å². The van der Waals surface area contributed by atoms with E-state index in [9.17, 15) is 0 Å². The molecular formula is C11H10BrIN2O. The van der Waals surface area contributed by atoms with Gasteiger partial charge in [-0.1, -0.05) is 22.0 Å². The number of nitrogens with zero attached hydrogens (tertiary/aromatic N) is 2. The van der Waals surface area contributed by atoms with Crippen molar-refractivity contribution in [2.24, 2.45) is 0 Å². The lowest BCUT2D eigenvalue weighted by Crippen LogP contribution is -2.08. The quantitative estimate of drug-likeness (QED) is 0.746. The monoisotopic (exact) mass is 392 g/mol. The fraction of sp³-hybridized carbons (Fsp3) is 0.182. The van der Waals surface area contributed by atoms with E-state index in [0.717, 1.165) is 20.3 Å². The van der Waals surface area contributed by atoms with Crippen LogP contribution in [0, 0.1) is 3.57 Å². The third kappa shape index (κ3) is 3.48. The zero-order valence-electron chi connectivity index (χ0n) is 8.44. The molecule has 1 heterocycles. The lowest BCUT2D eigenvalue weighted by Gasteiger charge is -2.06. The highest BCUT2D eigenvalue weighted by Crippen LogP contribution is 2.17. The van der Waals surface area contributed by atoms with Crippen LogP contribution in [-0.2, 0) is 6.54 Å². The molecule has 0 radical (unpaired) electrons. The summed E-state index contributed by atoms with van der Waals surface area (Å²) in [7, 11) is 0. The standard InChI is InChI=1S/C11H10BrIN2O/c12-9-2-1-3-11(6-9)16-5-4-15-8-10(13)7-14-15/h1-3,6-8H,4-5H2. The van der Waals surface area contributed by atoms with Gasteiger partial charge in [-0.05, 0) is 40.8 Å². The molecule has 0 fully saturated rings. The molecule has 0 bridgehead atoms. The van der Waals surface area contributed by atoms with Crippen LogP contribution in [0.4, 0.5) is 0 Å². The molecule has 16 heavy (non-hydrogen) atoms. The predicted octanol–water partition coefficient (Wildman–Crippen LogP) is 3.33. The first-order chi connectivity index (χ1) is 7.74. The van der Waals surface area contributed by atoms with E-state index in [1.807, 2.05) is 41.3 Å². The second-order valence-electron chi connectivity index (χ2n) is 3.23. The Morgan fingerprint density at radius 2 is 2.31 bits per heavy atom. The van der Waals surface area contributed by atoms with Gasteiger partial charge in [-0.15, -0.1) is 0 Å². The van der Waals surface area contributed by atoms with Crippen molar-refractivity contribution in [3.63, 3.8) is 0 Å². The summed E-state index contributed by atoms with van der Waals surface area (Å²) in [6, 6.07) is 7.82. The van der Waals surface area contributed by atoms with Crippen LogP contribution in [0.1, 0.15) is 0 Å². The van der Waals surface area contributed by atoms with Gasteiger partial charge in [-0.2, -0.15) is 5.10 Å². The fourth-order valence-corrected chi connectivity index (χ4v) is 2.10. The summed E-state index contributed by atoms with van der Waals surface area (Å²) in [5.41, 5.74) is 0. The van der Waals surface area contributed by atoms with Gasteiger partial charge in [0.25, 0.3) is 0 Å². The van der Waals surface area contributed by atoms with Crippen molar-refractivity contribution >= 4 is 38.5 Å². The molecule has 1 aromatic heterocycles. The van der Waals surface area contributed by atoms with Crippen molar-refractivity contribution in [2.45, 2.75) is 6.54 Å². The van der Waals surface area contributed by atoms with Gasteiger partial charge in [0.05, 0.1) is 16.3 Å². The molecule has 0 atom stereocenters. The van der Waals surface area contributed by atoms with Gasteiger partial charge in [0.1, 0.15) is 12.4 Å². The molecule has 1 aromatic carbocycles. The molecule has 0 aliphatic rings. The Kier molecular flexibility index (Phi) is 4.22. The van der Waals surface area contributed by atoms with Crippen molar-refractivity contribution < 1.29 is 4.74 Å². The topological polar surface area (TPSA) is 27.1 Å². The van der Waals surface area contributed by atoms with E-state index < -0.39 is 0 Å². The first-order valence-electron chi connectivity index (χ1n) is 4.80. The Morgan fingerprint density at radius 1 is 1.44 bits per heavy atom. The lowest BCUT2D eigenvalue weighted by molar-refractivity contribution is 0.291. The Labute approximate surface area is 116 Å². The van der Waals surface area contributed by atoms with Crippen molar-refractivity contribution in [3.8, 4) is 5.75 Å². The van der Waals surface area contributed by atoms with Gasteiger partial charge in [0, 0.05) is 10.7 Å². The molecular weight excluding hydrogens is 383 g/mol. The lowest BCUT2D eigenvalue weighted by atomic mass is 10.3. The molecule has 0 saturated heterocycles. The number of hydrogen-bond acceptors (Lipinski definition) is 2. The first kappa shape index (κ1) is 11.9. The smallest absolute Gasteiger partial charge is 0.120 e. The van der Waals surface area contributed by atoms with E-state index in [-0.39, 0.29) is 0 Å². The summed E-state index contributed by atoms with van der Waals surface area (Å²) in [6.07, 6.45) is 3.82. The van der Waals surface area contributed by atoms with E-state index in [1.54, 1.807) is 0 Å². The number of halogens is 2. The summed E-state index contributed by atoms with van der Waals surface area (Å²) in [5.74, 6) is 0.872. The van der Waals surface area contributed by atoms with Gasteiger partial charge in [-0.3, -0.25) is 4.68 Å². The summed E-state index contributed by atoms with van der Waals surface area (Å²) < 4.78 is 9.65. The number of benzene rings is 1. The van der Waals surface area contributed by atoms with E-state index in [0.29, 0.717) is 6.61 Å². The van der Waals surface area contributed by atoms with Crippen molar-refractivity contribution in [2.75, 3.05) is 6.61 Å². The minimum Gasteiger partial charge on any atom is -0.492 e. The van der Waals surface area contributed by atoms with Gasteiger partial charge in [0.15, 0.2) is 0 Å². The molecule has 0 amide bonds. The molecule has 2 aromatic rings. The van der Waals surface area contributed by atoms with Gasteiger partial charge in [0.2, 0.25) is 0 Å². The second kappa shape index (κ2) is 5.67. The summed E-state index contributed by atoms with van der Waals surface area (Å²) in [4.78, 5) is 0. The third-order valence-corrected chi connectivity index (χ3v) is 3.04. The Balaban J connectivity index is 1.84. The van der Waals surface area contributed by atoms with Gasteiger partial charge < -0.3 is 4.74 Å². The van der Waals surface area contributed by atoms with Crippen molar-refractivity contribution in [1.82, 2.24) is 9.78 Å². The van der Waals surface area contributed by atoms with Crippen molar-refractivity contribution in [3.05, 3.63) is 44.7 Å². The van der Waals surface area contributed by atoms with E-state index in [1.165, 1.54) is 0 Å². The zero-order chi connectivity index (χ0) is 11.4. The maximum absolute atomic E-state index is 5.61. The molecule has 0 aliphatic heterocycles. The van der Waals surface area contributed by atoms with E-state index in [4.69, 9.17) is 4.74 Å². The molecule has 0 spiro atoms. The average molecular weight is 393 g/mol. The molecule has 84 valence electrons. The SMILES string of the molecule is Brc1cccc(OCCn2cc(I)cn2)c1. The molecule has 5 heteroatoms. The summed E-state index contributed by atoms with van der Waals surface area (Å²) in [6.45, 7) is 1.38. The number of ether oxygens (including phenoxy) is 1.